The van der Waals surface area contributed by atoms with Gasteiger partial charge in [-0.25, -0.2) is 15.0 Å². The number of hydrogen-bond donors (Lipinski definition) is 3. The van der Waals surface area contributed by atoms with Gasteiger partial charge in [-0.15, -0.1) is 24.8 Å². The third kappa shape index (κ3) is 6.75. The molecule has 34 heavy (non-hydrogen) atoms. The largest absolute Gasteiger partial charge is 0.370 e. The monoisotopic (exact) mass is 520 g/mol. The van der Waals surface area contributed by atoms with Crippen LogP contribution in [0, 0.1) is 13.8 Å². The Morgan fingerprint density at radius 3 is 2.38 bits per heavy atom. The summed E-state index contributed by atoms with van der Waals surface area (Å²) in [5.74, 6) is 1.60. The van der Waals surface area contributed by atoms with Gasteiger partial charge >= 0.3 is 0 Å². The minimum absolute atomic E-state index is 0. The number of aryl methyl sites for hydroxylation is 2. The van der Waals surface area contributed by atoms with E-state index in [0.717, 1.165) is 48.0 Å². The van der Waals surface area contributed by atoms with Crippen molar-refractivity contribution in [3.8, 4) is 0 Å². The van der Waals surface area contributed by atoms with Gasteiger partial charge in [-0.05, 0) is 73.7 Å². The number of fused-ring (bicyclic) bond motifs is 1. The fraction of sp³-hybridized carbons (Fsp3) is 0.320. The van der Waals surface area contributed by atoms with Crippen LogP contribution < -0.4 is 16.8 Å². The second-order valence-corrected chi connectivity index (χ2v) is 8.86. The van der Waals surface area contributed by atoms with Crippen LogP contribution in [-0.2, 0) is 0 Å². The molecule has 3 aromatic rings. The van der Waals surface area contributed by atoms with Crippen molar-refractivity contribution in [3.63, 3.8) is 0 Å². The highest BCUT2D eigenvalue weighted by Gasteiger charge is 2.26. The minimum atomic E-state index is 0. The van der Waals surface area contributed by atoms with E-state index >= 15 is 0 Å². The summed E-state index contributed by atoms with van der Waals surface area (Å²) in [6, 6.07) is 12.1. The van der Waals surface area contributed by atoms with E-state index in [9.17, 15) is 0 Å². The number of halogens is 3. The summed E-state index contributed by atoms with van der Waals surface area (Å²) in [4.78, 5) is 14.1. The maximum absolute atomic E-state index is 6.00. The number of rotatable bonds is 5. The fourth-order valence-corrected chi connectivity index (χ4v) is 4.26. The second kappa shape index (κ2) is 12.2. The maximum atomic E-state index is 6.00. The van der Waals surface area contributed by atoms with Crippen molar-refractivity contribution >= 4 is 71.2 Å². The van der Waals surface area contributed by atoms with Crippen molar-refractivity contribution in [1.29, 1.82) is 0 Å². The number of benzene rings is 2. The molecule has 1 aliphatic rings. The number of nitrogens with zero attached hydrogens (tertiary/aromatic N) is 3. The summed E-state index contributed by atoms with van der Waals surface area (Å²) >= 11 is 6.00. The Kier molecular flexibility index (Phi) is 9.98. The SMILES string of the molecule is Cc1cc2nc(C=Cc3ccc(Cl)cc3)nc(N[C@H]3CCCC[C@H]3N=C(N)N)c2cc1C.Cl.Cl. The van der Waals surface area contributed by atoms with Gasteiger partial charge in [0.1, 0.15) is 5.82 Å². The minimum Gasteiger partial charge on any atom is -0.370 e. The van der Waals surface area contributed by atoms with Crippen LogP contribution in [0.4, 0.5) is 5.82 Å². The lowest BCUT2D eigenvalue weighted by Crippen LogP contribution is -2.38. The van der Waals surface area contributed by atoms with Crippen LogP contribution in [0.5, 0.6) is 0 Å². The smallest absolute Gasteiger partial charge is 0.186 e. The van der Waals surface area contributed by atoms with Crippen LogP contribution in [0.1, 0.15) is 48.2 Å². The van der Waals surface area contributed by atoms with E-state index in [1.54, 1.807) is 0 Å². The van der Waals surface area contributed by atoms with E-state index in [4.69, 9.17) is 33.0 Å². The van der Waals surface area contributed by atoms with E-state index in [-0.39, 0.29) is 42.9 Å². The number of nitrogens with one attached hydrogen (secondary N) is 1. The molecule has 1 fully saturated rings. The van der Waals surface area contributed by atoms with E-state index < -0.39 is 0 Å². The molecule has 182 valence electrons. The molecule has 0 radical (unpaired) electrons. The average Bonchev–Trinajstić information content (AvgIpc) is 2.75. The quantitative estimate of drug-likeness (QED) is 0.286. The molecule has 0 bridgehead atoms. The van der Waals surface area contributed by atoms with E-state index in [0.29, 0.717) is 10.8 Å². The summed E-state index contributed by atoms with van der Waals surface area (Å²) in [6.07, 6.45) is 8.13. The number of anilines is 1. The van der Waals surface area contributed by atoms with Gasteiger partial charge in [-0.2, -0.15) is 0 Å². The second-order valence-electron chi connectivity index (χ2n) is 8.43. The van der Waals surface area contributed by atoms with Gasteiger partial charge in [0.15, 0.2) is 11.8 Å². The Morgan fingerprint density at radius 2 is 1.68 bits per heavy atom. The molecule has 0 saturated heterocycles. The first-order valence-corrected chi connectivity index (χ1v) is 11.3. The molecule has 9 heteroatoms. The van der Waals surface area contributed by atoms with Crippen LogP contribution in [0.2, 0.25) is 5.02 Å². The summed E-state index contributed by atoms with van der Waals surface area (Å²) in [7, 11) is 0. The first-order chi connectivity index (χ1) is 15.4. The van der Waals surface area contributed by atoms with E-state index in [1.165, 1.54) is 11.1 Å². The maximum Gasteiger partial charge on any atom is 0.186 e. The molecular weight excluding hydrogens is 491 g/mol. The molecule has 0 aliphatic heterocycles. The Morgan fingerprint density at radius 1 is 1.00 bits per heavy atom. The van der Waals surface area contributed by atoms with Crippen molar-refractivity contribution in [3.05, 3.63) is 63.9 Å². The summed E-state index contributed by atoms with van der Waals surface area (Å²) in [5.41, 5.74) is 15.7. The van der Waals surface area contributed by atoms with Gasteiger partial charge in [-0.3, -0.25) is 0 Å². The van der Waals surface area contributed by atoms with Gasteiger partial charge < -0.3 is 16.8 Å². The number of aromatic nitrogens is 2. The molecule has 4 rings (SSSR count). The zero-order chi connectivity index (χ0) is 22.7. The van der Waals surface area contributed by atoms with Gasteiger partial charge in [0, 0.05) is 10.4 Å². The summed E-state index contributed by atoms with van der Waals surface area (Å²) < 4.78 is 0. The Hall–Kier alpha value is -2.54. The van der Waals surface area contributed by atoms with Gasteiger partial charge in [0.05, 0.1) is 17.6 Å². The van der Waals surface area contributed by atoms with Crippen molar-refractivity contribution < 1.29 is 0 Å². The highest BCUT2D eigenvalue weighted by Crippen LogP contribution is 2.29. The van der Waals surface area contributed by atoms with Crippen LogP contribution in [0.25, 0.3) is 23.1 Å². The van der Waals surface area contributed by atoms with Crippen molar-refractivity contribution in [1.82, 2.24) is 9.97 Å². The molecule has 2 atom stereocenters. The topological polar surface area (TPSA) is 102 Å². The highest BCUT2D eigenvalue weighted by molar-refractivity contribution is 6.30. The van der Waals surface area contributed by atoms with Gasteiger partial charge in [0.25, 0.3) is 0 Å². The Labute approximate surface area is 218 Å². The first-order valence-electron chi connectivity index (χ1n) is 11.0. The zero-order valence-corrected chi connectivity index (χ0v) is 21.7. The lowest BCUT2D eigenvalue weighted by atomic mass is 9.90. The fourth-order valence-electron chi connectivity index (χ4n) is 4.14. The van der Waals surface area contributed by atoms with Crippen molar-refractivity contribution in [2.45, 2.75) is 51.6 Å². The van der Waals surface area contributed by atoms with Crippen LogP contribution in [0.3, 0.4) is 0 Å². The van der Waals surface area contributed by atoms with Crippen LogP contribution >= 0.6 is 36.4 Å². The lowest BCUT2D eigenvalue weighted by molar-refractivity contribution is 0.405. The normalized spacial score (nSPS) is 17.6. The molecular formula is C25H31Cl3N6. The molecule has 0 spiro atoms. The van der Waals surface area contributed by atoms with E-state index in [1.807, 2.05) is 36.4 Å². The summed E-state index contributed by atoms with van der Waals surface area (Å²) in [5, 5.41) is 5.37. The number of aliphatic imine (C=N–C) groups is 1. The van der Waals surface area contributed by atoms with Crippen LogP contribution in [-0.4, -0.2) is 28.0 Å². The number of nitrogens with two attached hydrogens (primary N) is 2. The third-order valence-corrected chi connectivity index (χ3v) is 6.24. The van der Waals surface area contributed by atoms with Crippen molar-refractivity contribution in [2.24, 2.45) is 16.5 Å². The standard InChI is InChI=1S/C25H29ClN6.2ClH/c1-15-13-19-22(14-16(15)2)29-23(12-9-17-7-10-18(26)11-8-17)32-24(19)30-20-5-3-4-6-21(20)31-25(27)28;;/h7-14,20-21H,3-6H2,1-2H3,(H4,27,28,31)(H,29,30,32);2*1H/t20-,21+;;/m0../s1. The molecule has 1 saturated carbocycles. The number of hydrogen-bond acceptors (Lipinski definition) is 4. The summed E-state index contributed by atoms with van der Waals surface area (Å²) in [6.45, 7) is 4.21. The zero-order valence-electron chi connectivity index (χ0n) is 19.3. The third-order valence-electron chi connectivity index (χ3n) is 5.99. The highest BCUT2D eigenvalue weighted by atomic mass is 35.5. The Balaban J connectivity index is 0.00000204. The average molecular weight is 522 g/mol. The van der Waals surface area contributed by atoms with Gasteiger partial charge in [-0.1, -0.05) is 42.7 Å². The predicted octanol–water partition coefficient (Wildman–Crippen LogP) is 5.91. The Bertz CT molecular complexity index is 1170. The van der Waals surface area contributed by atoms with Crippen molar-refractivity contribution in [2.75, 3.05) is 5.32 Å². The molecule has 5 N–H and O–H groups in total. The molecule has 1 aromatic heterocycles. The molecule has 1 aliphatic carbocycles. The van der Waals surface area contributed by atoms with Gasteiger partial charge in [0.2, 0.25) is 0 Å². The van der Waals surface area contributed by atoms with Crippen LogP contribution in [0.15, 0.2) is 41.4 Å². The predicted molar refractivity (Wildman–Crippen MR) is 149 cm³/mol. The number of guanidine groups is 1. The lowest BCUT2D eigenvalue weighted by Gasteiger charge is -2.30. The molecule has 0 unspecified atom stereocenters. The van der Waals surface area contributed by atoms with E-state index in [2.05, 4.69) is 36.3 Å². The molecule has 1 heterocycles. The molecule has 0 amide bonds. The molecule has 6 nitrogen and oxygen atoms in total. The first kappa shape index (κ1) is 27.7. The molecule has 2 aromatic carbocycles.